The summed E-state index contributed by atoms with van der Waals surface area (Å²) in [5.41, 5.74) is 0.917. The first-order valence-electron chi connectivity index (χ1n) is 9.78. The topological polar surface area (TPSA) is 66.5 Å². The van der Waals surface area contributed by atoms with Gasteiger partial charge in [-0.2, -0.15) is 4.31 Å². The maximum Gasteiger partial charge on any atom is 0.243 e. The van der Waals surface area contributed by atoms with Crippen molar-refractivity contribution in [2.45, 2.75) is 70.2 Å². The fourth-order valence-corrected chi connectivity index (χ4v) is 5.14. The molecule has 0 radical (unpaired) electrons. The Labute approximate surface area is 158 Å². The number of rotatable bonds is 8. The predicted octanol–water partition coefficient (Wildman–Crippen LogP) is 3.86. The highest BCUT2D eigenvalue weighted by Crippen LogP contribution is 2.26. The summed E-state index contributed by atoms with van der Waals surface area (Å²) >= 11 is 0. The van der Waals surface area contributed by atoms with Gasteiger partial charge >= 0.3 is 0 Å². The van der Waals surface area contributed by atoms with Crippen molar-refractivity contribution >= 4 is 15.9 Å². The van der Waals surface area contributed by atoms with Crippen LogP contribution in [0.15, 0.2) is 29.2 Å². The molecule has 1 aliphatic carbocycles. The maximum atomic E-state index is 12.5. The molecule has 0 saturated heterocycles. The van der Waals surface area contributed by atoms with Gasteiger partial charge in [-0.05, 0) is 43.4 Å². The standard InChI is InChI=1S/C20H32N2O3S/c1-4-22(5-2)26(24,25)19-13-11-18(12-14-19)16(3)21-20(23)15-17-9-7-6-8-10-17/h11-14,16-17H,4-10,15H2,1-3H3,(H,21,23). The lowest BCUT2D eigenvalue weighted by atomic mass is 9.87. The quantitative estimate of drug-likeness (QED) is 0.744. The van der Waals surface area contributed by atoms with Crippen LogP contribution in [-0.2, 0) is 14.8 Å². The van der Waals surface area contributed by atoms with E-state index < -0.39 is 10.0 Å². The first-order chi connectivity index (χ1) is 12.4. The number of benzene rings is 1. The minimum absolute atomic E-state index is 0.0873. The molecule has 0 bridgehead atoms. The van der Waals surface area contributed by atoms with Crippen LogP contribution in [0, 0.1) is 5.92 Å². The van der Waals surface area contributed by atoms with Crippen LogP contribution in [0.25, 0.3) is 0 Å². The predicted molar refractivity (Wildman–Crippen MR) is 104 cm³/mol. The number of nitrogens with zero attached hydrogens (tertiary/aromatic N) is 1. The van der Waals surface area contributed by atoms with Crippen LogP contribution in [0.2, 0.25) is 0 Å². The zero-order valence-corrected chi connectivity index (χ0v) is 17.0. The third kappa shape index (κ3) is 5.30. The Morgan fingerprint density at radius 3 is 2.23 bits per heavy atom. The Bertz CT molecular complexity index is 676. The molecule has 1 aromatic rings. The summed E-state index contributed by atoms with van der Waals surface area (Å²) in [6.07, 6.45) is 6.65. The smallest absolute Gasteiger partial charge is 0.243 e. The van der Waals surface area contributed by atoms with Crippen LogP contribution < -0.4 is 5.32 Å². The van der Waals surface area contributed by atoms with Crippen LogP contribution in [0.1, 0.15) is 70.9 Å². The van der Waals surface area contributed by atoms with E-state index >= 15 is 0 Å². The zero-order chi connectivity index (χ0) is 19.2. The second-order valence-corrected chi connectivity index (χ2v) is 9.09. The van der Waals surface area contributed by atoms with Gasteiger partial charge in [-0.1, -0.05) is 45.2 Å². The van der Waals surface area contributed by atoms with E-state index in [1.165, 1.54) is 23.6 Å². The molecule has 0 spiro atoms. The molecule has 0 aromatic heterocycles. The lowest BCUT2D eigenvalue weighted by Crippen LogP contribution is -2.31. The molecule has 1 fully saturated rings. The van der Waals surface area contributed by atoms with Crippen molar-refractivity contribution in [2.24, 2.45) is 5.92 Å². The van der Waals surface area contributed by atoms with Crippen molar-refractivity contribution in [1.29, 1.82) is 0 Å². The molecular formula is C20H32N2O3S. The Morgan fingerprint density at radius 2 is 1.69 bits per heavy atom. The Balaban J connectivity index is 1.97. The summed E-state index contributed by atoms with van der Waals surface area (Å²) in [5, 5.41) is 3.05. The average Bonchev–Trinajstić information content (AvgIpc) is 2.63. The van der Waals surface area contributed by atoms with Gasteiger partial charge in [0.1, 0.15) is 0 Å². The second-order valence-electron chi connectivity index (χ2n) is 7.16. The van der Waals surface area contributed by atoms with Gasteiger partial charge < -0.3 is 5.32 Å². The van der Waals surface area contributed by atoms with Crippen molar-refractivity contribution < 1.29 is 13.2 Å². The fraction of sp³-hybridized carbons (Fsp3) is 0.650. The first-order valence-corrected chi connectivity index (χ1v) is 11.2. The molecule has 26 heavy (non-hydrogen) atoms. The van der Waals surface area contributed by atoms with E-state index in [2.05, 4.69) is 5.32 Å². The fourth-order valence-electron chi connectivity index (χ4n) is 3.68. The molecule has 1 atom stereocenters. The highest BCUT2D eigenvalue weighted by atomic mass is 32.2. The first kappa shape index (κ1) is 20.9. The molecular weight excluding hydrogens is 348 g/mol. The number of carbonyl (C=O) groups is 1. The minimum Gasteiger partial charge on any atom is -0.350 e. The van der Waals surface area contributed by atoms with Crippen molar-refractivity contribution in [3.05, 3.63) is 29.8 Å². The van der Waals surface area contributed by atoms with Crippen LogP contribution in [0.4, 0.5) is 0 Å². The van der Waals surface area contributed by atoms with E-state index in [0.29, 0.717) is 30.3 Å². The normalized spacial score (nSPS) is 17.2. The maximum absolute atomic E-state index is 12.5. The van der Waals surface area contributed by atoms with Gasteiger partial charge in [0.25, 0.3) is 0 Å². The van der Waals surface area contributed by atoms with Gasteiger partial charge in [-0.15, -0.1) is 0 Å². The molecule has 1 aliphatic rings. The molecule has 1 saturated carbocycles. The molecule has 1 amide bonds. The Kier molecular flexibility index (Phi) is 7.65. The van der Waals surface area contributed by atoms with Crippen molar-refractivity contribution in [1.82, 2.24) is 9.62 Å². The van der Waals surface area contributed by atoms with Crippen molar-refractivity contribution in [3.63, 3.8) is 0 Å². The number of nitrogens with one attached hydrogen (secondary N) is 1. The molecule has 2 rings (SSSR count). The van der Waals surface area contributed by atoms with E-state index in [4.69, 9.17) is 0 Å². The molecule has 146 valence electrons. The van der Waals surface area contributed by atoms with Gasteiger partial charge in [-0.25, -0.2) is 8.42 Å². The summed E-state index contributed by atoms with van der Waals surface area (Å²) in [6.45, 7) is 6.51. The molecule has 0 heterocycles. The number of sulfonamides is 1. The third-order valence-electron chi connectivity index (χ3n) is 5.30. The molecule has 0 aliphatic heterocycles. The number of hydrogen-bond donors (Lipinski definition) is 1. The Morgan fingerprint density at radius 1 is 1.12 bits per heavy atom. The van der Waals surface area contributed by atoms with Crippen LogP contribution in [0.5, 0.6) is 0 Å². The largest absolute Gasteiger partial charge is 0.350 e. The summed E-state index contributed by atoms with van der Waals surface area (Å²) in [4.78, 5) is 12.6. The number of amides is 1. The van der Waals surface area contributed by atoms with Gasteiger partial charge in [0.05, 0.1) is 10.9 Å². The SMILES string of the molecule is CCN(CC)S(=O)(=O)c1ccc(C(C)NC(=O)CC2CCCCC2)cc1. The summed E-state index contributed by atoms with van der Waals surface area (Å²) in [7, 11) is -3.44. The van der Waals surface area contributed by atoms with Gasteiger partial charge in [-0.3, -0.25) is 4.79 Å². The van der Waals surface area contributed by atoms with Crippen LogP contribution >= 0.6 is 0 Å². The van der Waals surface area contributed by atoms with E-state index in [0.717, 1.165) is 18.4 Å². The average molecular weight is 381 g/mol. The zero-order valence-electron chi connectivity index (χ0n) is 16.2. The molecule has 6 heteroatoms. The van der Waals surface area contributed by atoms with Crippen LogP contribution in [-0.4, -0.2) is 31.7 Å². The second kappa shape index (κ2) is 9.51. The summed E-state index contributed by atoms with van der Waals surface area (Å²) in [6, 6.07) is 6.72. The lowest BCUT2D eigenvalue weighted by Gasteiger charge is -2.22. The van der Waals surface area contributed by atoms with Crippen molar-refractivity contribution in [3.8, 4) is 0 Å². The molecule has 1 aromatic carbocycles. The van der Waals surface area contributed by atoms with Gasteiger partial charge in [0.15, 0.2) is 0 Å². The minimum atomic E-state index is -3.44. The van der Waals surface area contributed by atoms with Gasteiger partial charge in [0.2, 0.25) is 15.9 Å². The Hall–Kier alpha value is -1.40. The molecule has 1 unspecified atom stereocenters. The number of hydrogen-bond acceptors (Lipinski definition) is 3. The van der Waals surface area contributed by atoms with Gasteiger partial charge in [0, 0.05) is 19.5 Å². The number of carbonyl (C=O) groups excluding carboxylic acids is 1. The summed E-state index contributed by atoms with van der Waals surface area (Å²) in [5.74, 6) is 0.599. The summed E-state index contributed by atoms with van der Waals surface area (Å²) < 4.78 is 26.5. The lowest BCUT2D eigenvalue weighted by molar-refractivity contribution is -0.122. The van der Waals surface area contributed by atoms with Crippen molar-refractivity contribution in [2.75, 3.05) is 13.1 Å². The monoisotopic (exact) mass is 380 g/mol. The van der Waals surface area contributed by atoms with Crippen LogP contribution in [0.3, 0.4) is 0 Å². The van der Waals surface area contributed by atoms with E-state index in [1.54, 1.807) is 24.3 Å². The van der Waals surface area contributed by atoms with E-state index in [-0.39, 0.29) is 11.9 Å². The van der Waals surface area contributed by atoms with E-state index in [1.807, 2.05) is 20.8 Å². The highest BCUT2D eigenvalue weighted by Gasteiger charge is 2.22. The molecule has 5 nitrogen and oxygen atoms in total. The highest BCUT2D eigenvalue weighted by molar-refractivity contribution is 7.89. The molecule has 1 N–H and O–H groups in total. The third-order valence-corrected chi connectivity index (χ3v) is 7.36. The van der Waals surface area contributed by atoms with E-state index in [9.17, 15) is 13.2 Å².